The van der Waals surface area contributed by atoms with Crippen molar-refractivity contribution in [2.75, 3.05) is 17.7 Å². The minimum atomic E-state index is -0.572. The number of hydrogen-bond acceptors (Lipinski definition) is 4. The fourth-order valence-electron chi connectivity index (χ4n) is 1.72. The van der Waals surface area contributed by atoms with Crippen molar-refractivity contribution in [1.82, 2.24) is 0 Å². The van der Waals surface area contributed by atoms with E-state index >= 15 is 0 Å². The second-order valence-electron chi connectivity index (χ2n) is 4.41. The van der Waals surface area contributed by atoms with Gasteiger partial charge >= 0.3 is 5.97 Å². The molecule has 0 aliphatic rings. The van der Waals surface area contributed by atoms with E-state index in [0.717, 1.165) is 23.5 Å². The summed E-state index contributed by atoms with van der Waals surface area (Å²) in [5.41, 5.74) is 2.53. The predicted molar refractivity (Wildman–Crippen MR) is 86.0 cm³/mol. The maximum Gasteiger partial charge on any atom is 0.330 e. The molecule has 0 saturated heterocycles. The van der Waals surface area contributed by atoms with Crippen LogP contribution in [-0.2, 0) is 14.3 Å². The minimum Gasteiger partial charge on any atom is -0.466 e. The van der Waals surface area contributed by atoms with Gasteiger partial charge in [-0.05, 0) is 36.4 Å². The summed E-state index contributed by atoms with van der Waals surface area (Å²) in [4.78, 5) is 22.5. The van der Waals surface area contributed by atoms with Gasteiger partial charge in [0, 0.05) is 29.2 Å². The van der Waals surface area contributed by atoms with E-state index in [4.69, 9.17) is 0 Å². The van der Waals surface area contributed by atoms with Gasteiger partial charge in [-0.2, -0.15) is 0 Å². The molecule has 2 rings (SSSR count). The molecule has 5 heteroatoms. The Morgan fingerprint density at radius 1 is 0.864 bits per heavy atom. The lowest BCUT2D eigenvalue weighted by atomic mass is 10.2. The van der Waals surface area contributed by atoms with Crippen molar-refractivity contribution in [3.63, 3.8) is 0 Å². The van der Waals surface area contributed by atoms with Gasteiger partial charge in [-0.15, -0.1) is 0 Å². The number of carbonyl (C=O) groups is 2. The third kappa shape index (κ3) is 4.79. The molecular weight excluding hydrogens is 280 g/mol. The largest absolute Gasteiger partial charge is 0.466 e. The number of esters is 1. The predicted octanol–water partition coefficient (Wildman–Crippen LogP) is 3.10. The molecule has 0 aliphatic heterocycles. The van der Waals surface area contributed by atoms with Crippen molar-refractivity contribution >= 4 is 28.9 Å². The number of methoxy groups -OCH3 is 1. The van der Waals surface area contributed by atoms with Crippen LogP contribution >= 0.6 is 0 Å². The van der Waals surface area contributed by atoms with Gasteiger partial charge < -0.3 is 15.4 Å². The molecule has 2 aromatic rings. The third-order valence-corrected chi connectivity index (χ3v) is 2.79. The van der Waals surface area contributed by atoms with Gasteiger partial charge in [0.2, 0.25) is 5.91 Å². The fraction of sp³-hybridized carbons (Fsp3) is 0.0588. The first-order valence-electron chi connectivity index (χ1n) is 6.66. The van der Waals surface area contributed by atoms with E-state index in [-0.39, 0.29) is 0 Å². The van der Waals surface area contributed by atoms with E-state index in [1.54, 1.807) is 12.1 Å². The highest BCUT2D eigenvalue weighted by molar-refractivity contribution is 6.02. The van der Waals surface area contributed by atoms with Crippen molar-refractivity contribution in [3.05, 3.63) is 66.7 Å². The molecule has 0 heterocycles. The van der Waals surface area contributed by atoms with Crippen molar-refractivity contribution in [2.24, 2.45) is 0 Å². The second-order valence-corrected chi connectivity index (χ2v) is 4.41. The summed E-state index contributed by atoms with van der Waals surface area (Å²) in [5, 5.41) is 5.90. The summed E-state index contributed by atoms with van der Waals surface area (Å²) in [6.45, 7) is 0. The van der Waals surface area contributed by atoms with E-state index in [1.807, 2.05) is 42.5 Å². The fourth-order valence-corrected chi connectivity index (χ4v) is 1.72. The van der Waals surface area contributed by atoms with Crippen LogP contribution in [-0.4, -0.2) is 19.0 Å². The van der Waals surface area contributed by atoms with Gasteiger partial charge in [0.25, 0.3) is 0 Å². The lowest BCUT2D eigenvalue weighted by Gasteiger charge is -2.07. The van der Waals surface area contributed by atoms with Crippen LogP contribution < -0.4 is 10.6 Å². The average Bonchev–Trinajstić information content (AvgIpc) is 2.55. The number of ether oxygens (including phenoxy) is 1. The zero-order valence-corrected chi connectivity index (χ0v) is 12.1. The maximum atomic E-state index is 11.6. The number of carbonyl (C=O) groups excluding carboxylic acids is 2. The Bertz CT molecular complexity index is 664. The van der Waals surface area contributed by atoms with Crippen LogP contribution in [0.2, 0.25) is 0 Å². The van der Waals surface area contributed by atoms with E-state index in [0.29, 0.717) is 5.69 Å². The smallest absolute Gasteiger partial charge is 0.330 e. The van der Waals surface area contributed by atoms with E-state index in [9.17, 15) is 9.59 Å². The Kier molecular flexibility index (Phi) is 5.31. The number of para-hydroxylation sites is 1. The summed E-state index contributed by atoms with van der Waals surface area (Å²) in [6.07, 6.45) is 2.20. The van der Waals surface area contributed by atoms with Crippen molar-refractivity contribution < 1.29 is 14.3 Å². The minimum absolute atomic E-state index is 0.394. The molecule has 0 spiro atoms. The van der Waals surface area contributed by atoms with Crippen LogP contribution in [0, 0.1) is 0 Å². The summed E-state index contributed by atoms with van der Waals surface area (Å²) in [7, 11) is 1.25. The summed E-state index contributed by atoms with van der Waals surface area (Å²) in [6, 6.07) is 17.0. The molecular formula is C17H16N2O3. The average molecular weight is 296 g/mol. The molecule has 0 saturated carbocycles. The highest BCUT2D eigenvalue weighted by Crippen LogP contribution is 2.18. The molecule has 1 amide bonds. The van der Waals surface area contributed by atoms with Gasteiger partial charge in [-0.1, -0.05) is 18.2 Å². The van der Waals surface area contributed by atoms with Crippen LogP contribution in [0.15, 0.2) is 66.7 Å². The molecule has 0 aromatic heterocycles. The zero-order valence-electron chi connectivity index (χ0n) is 12.1. The Morgan fingerprint density at radius 2 is 1.45 bits per heavy atom. The third-order valence-electron chi connectivity index (χ3n) is 2.79. The van der Waals surface area contributed by atoms with Gasteiger partial charge in [0.15, 0.2) is 0 Å². The lowest BCUT2D eigenvalue weighted by Crippen LogP contribution is -2.09. The molecule has 0 fully saturated rings. The Hall–Kier alpha value is -3.08. The Morgan fingerprint density at radius 3 is 2.09 bits per heavy atom. The molecule has 22 heavy (non-hydrogen) atoms. The topological polar surface area (TPSA) is 67.4 Å². The van der Waals surface area contributed by atoms with E-state index < -0.39 is 11.9 Å². The van der Waals surface area contributed by atoms with E-state index in [1.165, 1.54) is 7.11 Å². The number of benzene rings is 2. The first-order valence-corrected chi connectivity index (χ1v) is 6.66. The normalized spacial score (nSPS) is 10.2. The number of anilines is 3. The molecule has 0 unspecified atom stereocenters. The number of nitrogens with one attached hydrogen (secondary N) is 2. The standard InChI is InChI=1S/C17H16N2O3/c1-22-17(21)12-11-16(20)19-15-9-7-14(8-10-15)18-13-5-3-2-4-6-13/h2-12,18H,1H3,(H,19,20)/b12-11+. The lowest BCUT2D eigenvalue weighted by molar-refractivity contribution is -0.135. The molecule has 112 valence electrons. The molecule has 0 aliphatic carbocycles. The first-order chi connectivity index (χ1) is 10.7. The van der Waals surface area contributed by atoms with Crippen LogP contribution in [0.5, 0.6) is 0 Å². The number of hydrogen-bond donors (Lipinski definition) is 2. The van der Waals surface area contributed by atoms with Gasteiger partial charge in [-0.3, -0.25) is 4.79 Å². The van der Waals surface area contributed by atoms with Crippen LogP contribution in [0.4, 0.5) is 17.1 Å². The molecule has 2 N–H and O–H groups in total. The summed E-state index contributed by atoms with van der Waals surface area (Å²) in [5.74, 6) is -0.966. The molecule has 0 atom stereocenters. The van der Waals surface area contributed by atoms with Crippen molar-refractivity contribution in [1.29, 1.82) is 0 Å². The van der Waals surface area contributed by atoms with Gasteiger partial charge in [0.1, 0.15) is 0 Å². The van der Waals surface area contributed by atoms with E-state index in [2.05, 4.69) is 15.4 Å². The monoisotopic (exact) mass is 296 g/mol. The van der Waals surface area contributed by atoms with Gasteiger partial charge in [-0.25, -0.2) is 4.79 Å². The quantitative estimate of drug-likeness (QED) is 0.657. The Labute approximate surface area is 128 Å². The van der Waals surface area contributed by atoms with Crippen LogP contribution in [0.3, 0.4) is 0 Å². The van der Waals surface area contributed by atoms with Crippen molar-refractivity contribution in [2.45, 2.75) is 0 Å². The molecule has 5 nitrogen and oxygen atoms in total. The van der Waals surface area contributed by atoms with Crippen LogP contribution in [0.25, 0.3) is 0 Å². The summed E-state index contributed by atoms with van der Waals surface area (Å²) >= 11 is 0. The maximum absolute atomic E-state index is 11.6. The molecule has 2 aromatic carbocycles. The highest BCUT2D eigenvalue weighted by atomic mass is 16.5. The van der Waals surface area contributed by atoms with Crippen LogP contribution in [0.1, 0.15) is 0 Å². The van der Waals surface area contributed by atoms with Crippen molar-refractivity contribution in [3.8, 4) is 0 Å². The first kappa shape index (κ1) is 15.3. The second kappa shape index (κ2) is 7.64. The van der Waals surface area contributed by atoms with Gasteiger partial charge in [0.05, 0.1) is 7.11 Å². The number of amides is 1. The number of rotatable bonds is 5. The Balaban J connectivity index is 1.93. The zero-order chi connectivity index (χ0) is 15.8. The highest BCUT2D eigenvalue weighted by Gasteiger charge is 2.00. The molecule has 0 radical (unpaired) electrons. The SMILES string of the molecule is COC(=O)/C=C/C(=O)Nc1ccc(Nc2ccccc2)cc1. The summed E-state index contributed by atoms with van der Waals surface area (Å²) < 4.78 is 4.41. The molecule has 0 bridgehead atoms.